The van der Waals surface area contributed by atoms with Crippen molar-refractivity contribution in [2.24, 2.45) is 35.1 Å². The zero-order valence-electron chi connectivity index (χ0n) is 13.0. The summed E-state index contributed by atoms with van der Waals surface area (Å²) in [5.41, 5.74) is 12.4. The molecule has 0 bridgehead atoms. The number of hydrogen-bond donors (Lipinski definition) is 2. The predicted molar refractivity (Wildman–Crippen MR) is 79.7 cm³/mol. The Bertz CT molecular complexity index is 244. The molecule has 0 amide bonds. The van der Waals surface area contributed by atoms with E-state index in [9.17, 15) is 0 Å². The summed E-state index contributed by atoms with van der Waals surface area (Å²) in [7, 11) is 0. The Morgan fingerprint density at radius 3 is 1.16 bits per heavy atom. The van der Waals surface area contributed by atoms with E-state index >= 15 is 0 Å². The maximum Gasteiger partial charge on any atom is 0.0585 e. The summed E-state index contributed by atoms with van der Waals surface area (Å²) in [6.45, 7) is 9.05. The predicted octanol–water partition coefficient (Wildman–Crippen LogP) is 2.53. The molecule has 0 radical (unpaired) electrons. The van der Waals surface area contributed by atoms with Crippen LogP contribution in [0.1, 0.15) is 53.4 Å². The normalized spacial score (nSPS) is 52.1. The highest BCUT2D eigenvalue weighted by molar-refractivity contribution is 4.89. The van der Waals surface area contributed by atoms with E-state index in [1.165, 1.54) is 0 Å². The fourth-order valence-electron chi connectivity index (χ4n) is 4.10. The second kappa shape index (κ2) is 6.11. The number of hydrogen-bond acceptors (Lipinski definition) is 3. The number of nitrogens with two attached hydrogens (primary N) is 2. The van der Waals surface area contributed by atoms with E-state index in [0.29, 0.717) is 48.0 Å². The quantitative estimate of drug-likeness (QED) is 0.809. The number of rotatable bonds is 2. The van der Waals surface area contributed by atoms with Crippen LogP contribution in [-0.2, 0) is 4.74 Å². The molecule has 2 fully saturated rings. The summed E-state index contributed by atoms with van der Waals surface area (Å²) in [5.74, 6) is 2.31. The molecule has 4 atom stereocenters. The molecule has 2 rings (SSSR count). The molecule has 3 heteroatoms. The van der Waals surface area contributed by atoms with Gasteiger partial charge in [0.15, 0.2) is 0 Å². The highest BCUT2D eigenvalue weighted by Crippen LogP contribution is 2.35. The molecule has 19 heavy (non-hydrogen) atoms. The van der Waals surface area contributed by atoms with E-state index in [0.717, 1.165) is 25.7 Å². The van der Waals surface area contributed by atoms with Crippen molar-refractivity contribution >= 4 is 0 Å². The minimum absolute atomic E-state index is 0.345. The lowest BCUT2D eigenvalue weighted by molar-refractivity contribution is -0.0823. The topological polar surface area (TPSA) is 61.3 Å². The second-order valence-electron chi connectivity index (χ2n) is 7.39. The summed E-state index contributed by atoms with van der Waals surface area (Å²) < 4.78 is 6.40. The van der Waals surface area contributed by atoms with Gasteiger partial charge >= 0.3 is 0 Å². The van der Waals surface area contributed by atoms with Crippen LogP contribution < -0.4 is 11.5 Å². The fourth-order valence-corrected chi connectivity index (χ4v) is 4.10. The van der Waals surface area contributed by atoms with Crippen LogP contribution in [0.5, 0.6) is 0 Å². The number of ether oxygens (including phenoxy) is 1. The summed E-state index contributed by atoms with van der Waals surface area (Å²) >= 11 is 0. The molecule has 4 unspecified atom stereocenters. The van der Waals surface area contributed by atoms with E-state index in [1.54, 1.807) is 0 Å². The Balaban J connectivity index is 1.88. The standard InChI is InChI=1S/C16H32N2O/c1-9-5-13(6-10(2)15(9)17)19-14-7-11(3)16(18)12(4)8-14/h9-16H,5-8,17-18H2,1-4H3. The van der Waals surface area contributed by atoms with Crippen molar-refractivity contribution in [3.8, 4) is 0 Å². The van der Waals surface area contributed by atoms with Gasteiger partial charge in [-0.15, -0.1) is 0 Å². The maximum atomic E-state index is 6.40. The van der Waals surface area contributed by atoms with Crippen LogP contribution in [-0.4, -0.2) is 24.3 Å². The lowest BCUT2D eigenvalue weighted by atomic mass is 9.76. The Hall–Kier alpha value is -0.120. The fraction of sp³-hybridized carbons (Fsp3) is 1.00. The average Bonchev–Trinajstić information content (AvgIpc) is 2.33. The van der Waals surface area contributed by atoms with Gasteiger partial charge < -0.3 is 16.2 Å². The zero-order valence-corrected chi connectivity index (χ0v) is 13.0. The van der Waals surface area contributed by atoms with E-state index in [1.807, 2.05) is 0 Å². The third kappa shape index (κ3) is 3.50. The highest BCUT2D eigenvalue weighted by atomic mass is 16.5. The molecule has 3 nitrogen and oxygen atoms in total. The average molecular weight is 268 g/mol. The van der Waals surface area contributed by atoms with Gasteiger partial charge in [0.2, 0.25) is 0 Å². The maximum absolute atomic E-state index is 6.40. The van der Waals surface area contributed by atoms with Crippen LogP contribution in [0.2, 0.25) is 0 Å². The first-order valence-electron chi connectivity index (χ1n) is 8.05. The van der Waals surface area contributed by atoms with Gasteiger partial charge in [-0.3, -0.25) is 0 Å². The van der Waals surface area contributed by atoms with Crippen LogP contribution in [0.4, 0.5) is 0 Å². The lowest BCUT2D eigenvalue weighted by Gasteiger charge is -2.42. The van der Waals surface area contributed by atoms with E-state index in [4.69, 9.17) is 16.2 Å². The molecular formula is C16H32N2O. The van der Waals surface area contributed by atoms with Gasteiger partial charge in [0.25, 0.3) is 0 Å². The van der Waals surface area contributed by atoms with E-state index < -0.39 is 0 Å². The van der Waals surface area contributed by atoms with E-state index in [2.05, 4.69) is 27.7 Å². The van der Waals surface area contributed by atoms with Crippen LogP contribution in [0.15, 0.2) is 0 Å². The molecule has 112 valence electrons. The molecule has 0 aromatic heterocycles. The smallest absolute Gasteiger partial charge is 0.0585 e. The molecule has 0 spiro atoms. The first-order valence-corrected chi connectivity index (χ1v) is 8.05. The second-order valence-corrected chi connectivity index (χ2v) is 7.39. The van der Waals surface area contributed by atoms with Crippen LogP contribution >= 0.6 is 0 Å². The van der Waals surface area contributed by atoms with Gasteiger partial charge in [0, 0.05) is 12.1 Å². The molecule has 4 N–H and O–H groups in total. The summed E-state index contributed by atoms with van der Waals surface area (Å²) in [4.78, 5) is 0. The van der Waals surface area contributed by atoms with Gasteiger partial charge in [-0.1, -0.05) is 27.7 Å². The SMILES string of the molecule is CC1CC(OC2CC(C)C(N)C(C)C2)CC(C)C1N. The Morgan fingerprint density at radius 2 is 0.895 bits per heavy atom. The summed E-state index contributed by atoms with van der Waals surface area (Å²) in [6, 6.07) is 0.690. The highest BCUT2D eigenvalue weighted by Gasteiger charge is 2.36. The summed E-state index contributed by atoms with van der Waals surface area (Å²) in [5, 5.41) is 0. The zero-order chi connectivity index (χ0) is 14.2. The molecular weight excluding hydrogens is 236 g/mol. The monoisotopic (exact) mass is 268 g/mol. The van der Waals surface area contributed by atoms with Gasteiger partial charge in [0.1, 0.15) is 0 Å². The van der Waals surface area contributed by atoms with Crippen LogP contribution in [0.3, 0.4) is 0 Å². The van der Waals surface area contributed by atoms with Gasteiger partial charge in [0.05, 0.1) is 12.2 Å². The van der Waals surface area contributed by atoms with Crippen molar-refractivity contribution in [2.75, 3.05) is 0 Å². The van der Waals surface area contributed by atoms with Crippen LogP contribution in [0.25, 0.3) is 0 Å². The van der Waals surface area contributed by atoms with Crippen molar-refractivity contribution in [3.05, 3.63) is 0 Å². The molecule has 0 saturated heterocycles. The summed E-state index contributed by atoms with van der Waals surface area (Å²) in [6.07, 6.45) is 5.30. The molecule has 2 aliphatic rings. The minimum atomic E-state index is 0.345. The van der Waals surface area contributed by atoms with Crippen molar-refractivity contribution < 1.29 is 4.74 Å². The van der Waals surface area contributed by atoms with Crippen LogP contribution in [0, 0.1) is 23.7 Å². The third-order valence-electron chi connectivity index (χ3n) is 5.55. The lowest BCUT2D eigenvalue weighted by Crippen LogP contribution is -2.47. The molecule has 2 aliphatic carbocycles. The van der Waals surface area contributed by atoms with Crippen molar-refractivity contribution in [1.82, 2.24) is 0 Å². The third-order valence-corrected chi connectivity index (χ3v) is 5.55. The Labute approximate surface area is 118 Å². The molecule has 0 aromatic carbocycles. The van der Waals surface area contributed by atoms with Gasteiger partial charge in [-0.2, -0.15) is 0 Å². The minimum Gasteiger partial charge on any atom is -0.375 e. The Kier molecular flexibility index (Phi) is 4.91. The first-order chi connectivity index (χ1) is 8.88. The van der Waals surface area contributed by atoms with Crippen molar-refractivity contribution in [3.63, 3.8) is 0 Å². The first kappa shape index (κ1) is 15.3. The largest absolute Gasteiger partial charge is 0.375 e. The van der Waals surface area contributed by atoms with Gasteiger partial charge in [-0.25, -0.2) is 0 Å². The molecule has 0 aliphatic heterocycles. The molecule has 0 aromatic rings. The van der Waals surface area contributed by atoms with E-state index in [-0.39, 0.29) is 0 Å². The van der Waals surface area contributed by atoms with Gasteiger partial charge in [-0.05, 0) is 49.4 Å². The molecule has 2 saturated carbocycles. The Morgan fingerprint density at radius 1 is 0.632 bits per heavy atom. The van der Waals surface area contributed by atoms with Crippen molar-refractivity contribution in [1.29, 1.82) is 0 Å². The molecule has 0 heterocycles. The van der Waals surface area contributed by atoms with Crippen molar-refractivity contribution in [2.45, 2.75) is 77.7 Å².